The minimum Gasteiger partial charge on any atom is -0.497 e. The molecule has 1 N–H and O–H groups in total. The maximum atomic E-state index is 9.31. The molecule has 106 valence electrons. The van der Waals surface area contributed by atoms with Gasteiger partial charge in [-0.15, -0.1) is 0 Å². The Hall–Kier alpha value is -1.42. The Kier molecular flexibility index (Phi) is 5.12. The molecule has 0 saturated heterocycles. The highest BCUT2D eigenvalue weighted by Crippen LogP contribution is 2.27. The molecule has 0 spiro atoms. The quantitative estimate of drug-likeness (QED) is 0.904. The number of aliphatic hydroxyl groups excluding tert-OH is 1. The second kappa shape index (κ2) is 6.84. The largest absolute Gasteiger partial charge is 0.497 e. The fourth-order valence-corrected chi connectivity index (χ4v) is 2.10. The van der Waals surface area contributed by atoms with Crippen LogP contribution in [0.3, 0.4) is 0 Å². The SMILES string of the molecule is COc1ccc(CO)c(OCc2cc(Cl)ccc2Cl)c1. The van der Waals surface area contributed by atoms with Gasteiger partial charge in [-0.1, -0.05) is 23.2 Å². The van der Waals surface area contributed by atoms with Crippen LogP contribution in [-0.2, 0) is 13.2 Å². The number of hydrogen-bond acceptors (Lipinski definition) is 3. The Bertz CT molecular complexity index is 600. The monoisotopic (exact) mass is 312 g/mol. The predicted molar refractivity (Wildman–Crippen MR) is 79.7 cm³/mol. The molecule has 0 aliphatic heterocycles. The lowest BCUT2D eigenvalue weighted by molar-refractivity contribution is 0.258. The van der Waals surface area contributed by atoms with Crippen molar-refractivity contribution in [3.05, 3.63) is 57.6 Å². The van der Waals surface area contributed by atoms with Gasteiger partial charge >= 0.3 is 0 Å². The van der Waals surface area contributed by atoms with E-state index in [1.54, 1.807) is 43.5 Å². The average Bonchev–Trinajstić information content (AvgIpc) is 2.47. The van der Waals surface area contributed by atoms with Crippen molar-refractivity contribution in [3.8, 4) is 11.5 Å². The van der Waals surface area contributed by atoms with E-state index in [9.17, 15) is 5.11 Å². The van der Waals surface area contributed by atoms with Crippen molar-refractivity contribution in [1.29, 1.82) is 0 Å². The molecule has 0 heterocycles. The van der Waals surface area contributed by atoms with Crippen molar-refractivity contribution in [2.24, 2.45) is 0 Å². The third-order valence-corrected chi connectivity index (χ3v) is 3.44. The second-order valence-corrected chi connectivity index (χ2v) is 5.00. The molecule has 0 radical (unpaired) electrons. The van der Waals surface area contributed by atoms with E-state index in [0.717, 1.165) is 5.56 Å². The molecule has 0 amide bonds. The lowest BCUT2D eigenvalue weighted by Gasteiger charge is -2.12. The van der Waals surface area contributed by atoms with E-state index >= 15 is 0 Å². The molecule has 3 nitrogen and oxygen atoms in total. The molecule has 5 heteroatoms. The topological polar surface area (TPSA) is 38.7 Å². The van der Waals surface area contributed by atoms with Gasteiger partial charge in [0, 0.05) is 27.2 Å². The molecular weight excluding hydrogens is 299 g/mol. The Morgan fingerprint density at radius 3 is 2.55 bits per heavy atom. The van der Waals surface area contributed by atoms with Crippen LogP contribution in [0.4, 0.5) is 0 Å². The third-order valence-electron chi connectivity index (χ3n) is 2.84. The van der Waals surface area contributed by atoms with Gasteiger partial charge in [-0.3, -0.25) is 0 Å². The summed E-state index contributed by atoms with van der Waals surface area (Å²) >= 11 is 12.0. The van der Waals surface area contributed by atoms with Crippen LogP contribution in [0.1, 0.15) is 11.1 Å². The van der Waals surface area contributed by atoms with Crippen LogP contribution in [0.25, 0.3) is 0 Å². The molecule has 2 rings (SSSR count). The van der Waals surface area contributed by atoms with Gasteiger partial charge in [0.15, 0.2) is 0 Å². The normalized spacial score (nSPS) is 10.4. The van der Waals surface area contributed by atoms with Crippen molar-refractivity contribution >= 4 is 23.2 Å². The van der Waals surface area contributed by atoms with Crippen LogP contribution < -0.4 is 9.47 Å². The molecule has 0 aliphatic rings. The van der Waals surface area contributed by atoms with Crippen LogP contribution >= 0.6 is 23.2 Å². The van der Waals surface area contributed by atoms with Gasteiger partial charge in [0.1, 0.15) is 18.1 Å². The number of methoxy groups -OCH3 is 1. The minimum atomic E-state index is -0.109. The first-order valence-corrected chi connectivity index (χ1v) is 6.74. The molecule has 0 fully saturated rings. The summed E-state index contributed by atoms with van der Waals surface area (Å²) in [6.07, 6.45) is 0. The highest BCUT2D eigenvalue weighted by Gasteiger charge is 2.07. The lowest BCUT2D eigenvalue weighted by Crippen LogP contribution is -2.00. The molecule has 0 bridgehead atoms. The van der Waals surface area contributed by atoms with Crippen LogP contribution in [0, 0.1) is 0 Å². The molecule has 20 heavy (non-hydrogen) atoms. The van der Waals surface area contributed by atoms with Gasteiger partial charge in [-0.2, -0.15) is 0 Å². The first-order valence-electron chi connectivity index (χ1n) is 5.98. The Morgan fingerprint density at radius 2 is 1.85 bits per heavy atom. The Morgan fingerprint density at radius 1 is 1.05 bits per heavy atom. The number of rotatable bonds is 5. The first-order chi connectivity index (χ1) is 9.63. The third kappa shape index (κ3) is 3.57. The van der Waals surface area contributed by atoms with E-state index in [-0.39, 0.29) is 13.2 Å². The Balaban J connectivity index is 2.19. The number of hydrogen-bond donors (Lipinski definition) is 1. The molecule has 2 aromatic carbocycles. The van der Waals surface area contributed by atoms with E-state index in [1.165, 1.54) is 0 Å². The van der Waals surface area contributed by atoms with Gasteiger partial charge < -0.3 is 14.6 Å². The number of ether oxygens (including phenoxy) is 2. The minimum absolute atomic E-state index is 0.109. The average molecular weight is 313 g/mol. The van der Waals surface area contributed by atoms with E-state index in [0.29, 0.717) is 27.1 Å². The smallest absolute Gasteiger partial charge is 0.129 e. The van der Waals surface area contributed by atoms with Crippen LogP contribution in [0.15, 0.2) is 36.4 Å². The van der Waals surface area contributed by atoms with Crippen LogP contribution in [0.5, 0.6) is 11.5 Å². The summed E-state index contributed by atoms with van der Waals surface area (Å²) in [7, 11) is 1.57. The zero-order chi connectivity index (χ0) is 14.5. The summed E-state index contributed by atoms with van der Waals surface area (Å²) < 4.78 is 10.8. The fourth-order valence-electron chi connectivity index (χ4n) is 1.74. The van der Waals surface area contributed by atoms with Gasteiger partial charge in [0.25, 0.3) is 0 Å². The predicted octanol–water partition coefficient (Wildman–Crippen LogP) is 4.07. The van der Waals surface area contributed by atoms with E-state index in [4.69, 9.17) is 32.7 Å². The van der Waals surface area contributed by atoms with Crippen molar-refractivity contribution in [3.63, 3.8) is 0 Å². The maximum absolute atomic E-state index is 9.31. The summed E-state index contributed by atoms with van der Waals surface area (Å²) in [4.78, 5) is 0. The van der Waals surface area contributed by atoms with Crippen molar-refractivity contribution in [1.82, 2.24) is 0 Å². The summed E-state index contributed by atoms with van der Waals surface area (Å²) in [5, 5.41) is 10.5. The summed E-state index contributed by atoms with van der Waals surface area (Å²) in [6, 6.07) is 10.4. The van der Waals surface area contributed by atoms with Crippen LogP contribution in [0.2, 0.25) is 10.0 Å². The molecule has 0 aromatic heterocycles. The summed E-state index contributed by atoms with van der Waals surface area (Å²) in [5.74, 6) is 1.22. The van der Waals surface area contributed by atoms with Gasteiger partial charge in [-0.05, 0) is 30.3 Å². The van der Waals surface area contributed by atoms with Crippen molar-refractivity contribution in [2.75, 3.05) is 7.11 Å². The maximum Gasteiger partial charge on any atom is 0.129 e. The number of halogens is 2. The Labute approximate surface area is 127 Å². The standard InChI is InChI=1S/C15H14Cl2O3/c1-19-13-4-2-10(8-18)15(7-13)20-9-11-6-12(16)3-5-14(11)17/h2-7,18H,8-9H2,1H3. The molecular formula is C15H14Cl2O3. The van der Waals surface area contributed by atoms with Gasteiger partial charge in [0.05, 0.1) is 13.7 Å². The molecule has 0 unspecified atom stereocenters. The molecule has 0 saturated carbocycles. The highest BCUT2D eigenvalue weighted by atomic mass is 35.5. The van der Waals surface area contributed by atoms with E-state index in [1.807, 2.05) is 0 Å². The fraction of sp³-hybridized carbons (Fsp3) is 0.200. The van der Waals surface area contributed by atoms with Gasteiger partial charge in [0.2, 0.25) is 0 Å². The molecule has 0 atom stereocenters. The second-order valence-electron chi connectivity index (χ2n) is 4.16. The van der Waals surface area contributed by atoms with Crippen molar-refractivity contribution in [2.45, 2.75) is 13.2 Å². The molecule has 0 aliphatic carbocycles. The zero-order valence-corrected chi connectivity index (χ0v) is 12.4. The summed E-state index contributed by atoms with van der Waals surface area (Å²) in [5.41, 5.74) is 1.47. The first kappa shape index (κ1) is 15.0. The van der Waals surface area contributed by atoms with E-state index in [2.05, 4.69) is 0 Å². The van der Waals surface area contributed by atoms with Crippen LogP contribution in [-0.4, -0.2) is 12.2 Å². The number of aliphatic hydroxyl groups is 1. The highest BCUT2D eigenvalue weighted by molar-refractivity contribution is 6.33. The van der Waals surface area contributed by atoms with Crippen molar-refractivity contribution < 1.29 is 14.6 Å². The molecule has 2 aromatic rings. The summed E-state index contributed by atoms with van der Waals surface area (Å²) in [6.45, 7) is 0.155. The zero-order valence-electron chi connectivity index (χ0n) is 10.9. The van der Waals surface area contributed by atoms with Gasteiger partial charge in [-0.25, -0.2) is 0 Å². The van der Waals surface area contributed by atoms with E-state index < -0.39 is 0 Å². The number of benzene rings is 2. The lowest BCUT2D eigenvalue weighted by atomic mass is 10.2.